The maximum Gasteiger partial charge on any atom is 0.193 e. The van der Waals surface area contributed by atoms with Crippen LogP contribution in [0, 0.1) is 5.92 Å². The van der Waals surface area contributed by atoms with E-state index in [0.717, 1.165) is 18.0 Å². The van der Waals surface area contributed by atoms with E-state index in [-0.39, 0.29) is 0 Å². The molecule has 5 nitrogen and oxygen atoms in total. The zero-order valence-corrected chi connectivity index (χ0v) is 15.3. The summed E-state index contributed by atoms with van der Waals surface area (Å²) in [6.45, 7) is 7.66. The Labute approximate surface area is 146 Å². The first-order chi connectivity index (χ1) is 11.6. The summed E-state index contributed by atoms with van der Waals surface area (Å²) < 4.78 is 5.16. The Bertz CT molecular complexity index is 505. The lowest BCUT2D eigenvalue weighted by Gasteiger charge is -2.32. The lowest BCUT2D eigenvalue weighted by atomic mass is 10.0. The van der Waals surface area contributed by atoms with Crippen molar-refractivity contribution in [3.8, 4) is 5.75 Å². The third-order valence-corrected chi connectivity index (χ3v) is 4.69. The summed E-state index contributed by atoms with van der Waals surface area (Å²) in [4.78, 5) is 7.20. The van der Waals surface area contributed by atoms with E-state index in [2.05, 4.69) is 29.1 Å². The zero-order chi connectivity index (χ0) is 17.4. The van der Waals surface area contributed by atoms with Crippen LogP contribution in [0.25, 0.3) is 0 Å². The van der Waals surface area contributed by atoms with Crippen molar-refractivity contribution in [3.05, 3.63) is 24.3 Å². The second-order valence-electron chi connectivity index (χ2n) is 6.84. The van der Waals surface area contributed by atoms with E-state index in [0.29, 0.717) is 17.9 Å². The van der Waals surface area contributed by atoms with Crippen LogP contribution in [0.4, 0.5) is 5.69 Å². The number of nitrogens with two attached hydrogens (primary N) is 1. The molecule has 1 fully saturated rings. The third kappa shape index (κ3) is 5.71. The molecule has 1 aromatic rings. The highest BCUT2D eigenvalue weighted by molar-refractivity contribution is 5.92. The minimum Gasteiger partial charge on any atom is -0.497 e. The van der Waals surface area contributed by atoms with Gasteiger partial charge in [0.05, 0.1) is 13.7 Å². The molecule has 1 unspecified atom stereocenters. The van der Waals surface area contributed by atoms with E-state index in [1.54, 1.807) is 7.11 Å². The topological polar surface area (TPSA) is 62.9 Å². The van der Waals surface area contributed by atoms with Gasteiger partial charge in [0.15, 0.2) is 5.96 Å². The second-order valence-corrected chi connectivity index (χ2v) is 6.84. The molecule has 1 aromatic carbocycles. The minimum absolute atomic E-state index is 0.458. The van der Waals surface area contributed by atoms with E-state index < -0.39 is 0 Å². The number of rotatable bonds is 6. The average molecular weight is 332 g/mol. The number of aliphatic imine (C=N–C) groups is 1. The normalized spacial score (nSPS) is 18.2. The molecule has 1 aliphatic heterocycles. The van der Waals surface area contributed by atoms with Gasteiger partial charge in [0.1, 0.15) is 5.75 Å². The van der Waals surface area contributed by atoms with Crippen LogP contribution in [0.3, 0.4) is 0 Å². The maximum atomic E-state index is 6.07. The standard InChI is InChI=1S/C19H32N4O/c1-15(2)18(23-12-6-4-5-7-13-23)14-21-19(20)22-16-8-10-17(24-3)11-9-16/h8-11,15,18H,4-7,12-14H2,1-3H3,(H3,20,21,22). The quantitative estimate of drug-likeness (QED) is 0.619. The number of benzene rings is 1. The van der Waals surface area contributed by atoms with Gasteiger partial charge in [0, 0.05) is 11.7 Å². The van der Waals surface area contributed by atoms with Crippen molar-refractivity contribution < 1.29 is 4.74 Å². The predicted octanol–water partition coefficient (Wildman–Crippen LogP) is 3.32. The molecule has 2 rings (SSSR count). The fourth-order valence-electron chi connectivity index (χ4n) is 3.23. The molecule has 1 heterocycles. The zero-order valence-electron chi connectivity index (χ0n) is 15.3. The van der Waals surface area contributed by atoms with Crippen molar-refractivity contribution in [1.29, 1.82) is 0 Å². The van der Waals surface area contributed by atoms with Crippen LogP contribution in [0.2, 0.25) is 0 Å². The average Bonchev–Trinajstić information content (AvgIpc) is 2.85. The number of likely N-dealkylation sites (tertiary alicyclic amines) is 1. The van der Waals surface area contributed by atoms with Gasteiger partial charge in [-0.25, -0.2) is 0 Å². The first kappa shape index (κ1) is 18.6. The molecule has 134 valence electrons. The molecule has 3 N–H and O–H groups in total. The van der Waals surface area contributed by atoms with Crippen LogP contribution in [-0.2, 0) is 0 Å². The van der Waals surface area contributed by atoms with Crippen LogP contribution in [-0.4, -0.2) is 43.6 Å². The van der Waals surface area contributed by atoms with Crippen LogP contribution in [0.1, 0.15) is 39.5 Å². The Morgan fingerprint density at radius 1 is 1.17 bits per heavy atom. The second kappa shape index (κ2) is 9.52. The monoisotopic (exact) mass is 332 g/mol. The molecule has 0 bridgehead atoms. The Hall–Kier alpha value is -1.75. The van der Waals surface area contributed by atoms with Crippen molar-refractivity contribution in [2.45, 2.75) is 45.6 Å². The van der Waals surface area contributed by atoms with Crippen molar-refractivity contribution in [3.63, 3.8) is 0 Å². The smallest absolute Gasteiger partial charge is 0.193 e. The van der Waals surface area contributed by atoms with Gasteiger partial charge in [-0.2, -0.15) is 0 Å². The highest BCUT2D eigenvalue weighted by Gasteiger charge is 2.22. The van der Waals surface area contributed by atoms with E-state index >= 15 is 0 Å². The molecule has 0 amide bonds. The lowest BCUT2D eigenvalue weighted by Crippen LogP contribution is -2.42. The van der Waals surface area contributed by atoms with E-state index in [1.807, 2.05) is 24.3 Å². The molecule has 5 heteroatoms. The van der Waals surface area contributed by atoms with Gasteiger partial charge in [-0.15, -0.1) is 0 Å². The summed E-state index contributed by atoms with van der Waals surface area (Å²) in [6.07, 6.45) is 5.30. The van der Waals surface area contributed by atoms with Gasteiger partial charge in [-0.3, -0.25) is 9.89 Å². The number of hydrogen-bond acceptors (Lipinski definition) is 3. The number of guanidine groups is 1. The summed E-state index contributed by atoms with van der Waals surface area (Å²) in [5.41, 5.74) is 7.00. The highest BCUT2D eigenvalue weighted by atomic mass is 16.5. The third-order valence-electron chi connectivity index (χ3n) is 4.69. The summed E-state index contributed by atoms with van der Waals surface area (Å²) in [6, 6.07) is 8.15. The van der Waals surface area contributed by atoms with Crippen molar-refractivity contribution in [2.24, 2.45) is 16.6 Å². The molecule has 24 heavy (non-hydrogen) atoms. The Morgan fingerprint density at radius 2 is 1.79 bits per heavy atom. The summed E-state index contributed by atoms with van der Waals surface area (Å²) in [5, 5.41) is 3.16. The first-order valence-corrected chi connectivity index (χ1v) is 9.05. The molecule has 1 atom stereocenters. The molecule has 0 spiro atoms. The highest BCUT2D eigenvalue weighted by Crippen LogP contribution is 2.18. The Balaban J connectivity index is 1.93. The van der Waals surface area contributed by atoms with Crippen LogP contribution in [0.5, 0.6) is 5.75 Å². The molecule has 1 saturated heterocycles. The molecule has 0 saturated carbocycles. The molecular formula is C19H32N4O. The van der Waals surface area contributed by atoms with Gasteiger partial charge in [-0.1, -0.05) is 26.7 Å². The van der Waals surface area contributed by atoms with E-state index in [1.165, 1.54) is 38.8 Å². The van der Waals surface area contributed by atoms with Gasteiger partial charge in [0.2, 0.25) is 0 Å². The summed E-state index contributed by atoms with van der Waals surface area (Å²) in [5.74, 6) is 1.87. The number of nitrogens with zero attached hydrogens (tertiary/aromatic N) is 2. The number of ether oxygens (including phenoxy) is 1. The number of anilines is 1. The van der Waals surface area contributed by atoms with Gasteiger partial charge >= 0.3 is 0 Å². The van der Waals surface area contributed by atoms with Crippen molar-refractivity contribution >= 4 is 11.6 Å². The number of hydrogen-bond donors (Lipinski definition) is 2. The largest absolute Gasteiger partial charge is 0.497 e. The minimum atomic E-state index is 0.458. The van der Waals surface area contributed by atoms with E-state index in [4.69, 9.17) is 10.5 Å². The fourth-order valence-corrected chi connectivity index (χ4v) is 3.23. The van der Waals surface area contributed by atoms with E-state index in [9.17, 15) is 0 Å². The van der Waals surface area contributed by atoms with Crippen LogP contribution >= 0.6 is 0 Å². The van der Waals surface area contributed by atoms with Crippen molar-refractivity contribution in [2.75, 3.05) is 32.1 Å². The van der Waals surface area contributed by atoms with Gasteiger partial charge in [-0.05, 0) is 56.1 Å². The van der Waals surface area contributed by atoms with Crippen molar-refractivity contribution in [1.82, 2.24) is 4.90 Å². The number of nitrogens with one attached hydrogen (secondary N) is 1. The molecule has 1 aliphatic rings. The molecule has 0 radical (unpaired) electrons. The Morgan fingerprint density at radius 3 is 2.33 bits per heavy atom. The van der Waals surface area contributed by atoms with Gasteiger partial charge < -0.3 is 15.8 Å². The Kier molecular flexibility index (Phi) is 7.37. The van der Waals surface area contributed by atoms with Crippen LogP contribution < -0.4 is 15.8 Å². The predicted molar refractivity (Wildman–Crippen MR) is 102 cm³/mol. The first-order valence-electron chi connectivity index (χ1n) is 9.05. The number of methoxy groups -OCH3 is 1. The molecule has 0 aromatic heterocycles. The summed E-state index contributed by atoms with van der Waals surface area (Å²) in [7, 11) is 1.66. The summed E-state index contributed by atoms with van der Waals surface area (Å²) >= 11 is 0. The van der Waals surface area contributed by atoms with Gasteiger partial charge in [0.25, 0.3) is 0 Å². The molecule has 0 aliphatic carbocycles. The maximum absolute atomic E-state index is 6.07. The van der Waals surface area contributed by atoms with Crippen LogP contribution in [0.15, 0.2) is 29.3 Å². The molecular weight excluding hydrogens is 300 g/mol. The lowest BCUT2D eigenvalue weighted by molar-refractivity contribution is 0.166. The SMILES string of the molecule is COc1ccc(NC(N)=NCC(C(C)C)N2CCCCCC2)cc1. The fraction of sp³-hybridized carbons (Fsp3) is 0.632.